The standard InChI is InChI=1S/C27H30F3NO6S2.C22H29F3OSi.C19H18NP.C10H13F2NO2S.2FH.O2S/c1-26(27(28,29)30,21-9-13-24(36-2)14-10-21)22-11-15-25(16-12-22)37-39(34,35)20-18-31(17-19-38(3,32)33)23-7-5-4-6-8-23;1-16-8-10-17(11-9-16)21(5,22(23,24)25)18-12-14-19(15-13-18)26-27(6,7)20(2,3)4;1-20-21(17-11-5-2-6-12-17,18-13-7-3-8-14-18)19-15-9-4-10-16-19;11-6-7-13(8-9-16(12,14)15)10-4-2-1-3-5-10;;;1-3-2/h4-16H,17-20H2,1-3H3;8-15H,1-7H3;2-16H,1H3;1-5H,6-9H2;2*1H;/p-1. The molecule has 0 fully saturated rings. The molecule has 588 valence electrons. The molecule has 0 N–H and O–H groups in total. The van der Waals surface area contributed by atoms with Crippen LogP contribution < -0.4 is 43.8 Å². The molecule has 0 aromatic heterocycles. The van der Waals surface area contributed by atoms with Gasteiger partial charge >= 0.3 is 44.3 Å². The van der Waals surface area contributed by atoms with E-state index in [9.17, 15) is 59.9 Å². The number of sulfone groups is 1. The van der Waals surface area contributed by atoms with Crippen molar-refractivity contribution < 1.29 is 91.0 Å². The van der Waals surface area contributed by atoms with Gasteiger partial charge < -0.3 is 27.9 Å². The summed E-state index contributed by atoms with van der Waals surface area (Å²) in [5.41, 5.74) is -1.84. The van der Waals surface area contributed by atoms with Crippen molar-refractivity contribution in [2.24, 2.45) is 4.74 Å². The molecule has 2 atom stereocenters. The van der Waals surface area contributed by atoms with Crippen molar-refractivity contribution in [3.63, 3.8) is 0 Å². The van der Waals surface area contributed by atoms with Crippen LogP contribution in [0, 0.1) is 6.92 Å². The molecule has 0 radical (unpaired) electrons. The Bertz CT molecular complexity index is 4520. The molecule has 0 aliphatic heterocycles. The van der Waals surface area contributed by atoms with Gasteiger partial charge in [-0.3, -0.25) is 9.45 Å². The third-order valence-corrected chi connectivity index (χ3v) is 28.7. The van der Waals surface area contributed by atoms with Gasteiger partial charge in [0.05, 0.1) is 25.7 Å². The summed E-state index contributed by atoms with van der Waals surface area (Å²) < 4.78 is 217. The maximum atomic E-state index is 14.3. The van der Waals surface area contributed by atoms with Crippen LogP contribution in [-0.4, -0.2) is 125 Å². The van der Waals surface area contributed by atoms with Crippen molar-refractivity contribution in [1.29, 1.82) is 0 Å². The van der Waals surface area contributed by atoms with E-state index in [1.54, 1.807) is 102 Å². The summed E-state index contributed by atoms with van der Waals surface area (Å²) in [6, 6.07) is 72.7. The lowest BCUT2D eigenvalue weighted by atomic mass is 9.75. The second-order valence-electron chi connectivity index (χ2n) is 26.2. The molecule has 0 saturated carbocycles. The Kier molecular flexibility index (Phi) is 35.8. The minimum Gasteiger partial charge on any atom is -1.00 e. The molecule has 0 heterocycles. The quantitative estimate of drug-likeness (QED) is 0.0173. The number of alkyl halides is 7. The van der Waals surface area contributed by atoms with Gasteiger partial charge in [-0.05, 0) is 122 Å². The monoisotopic (exact) mass is 1620 g/mol. The fourth-order valence-electron chi connectivity index (χ4n) is 10.7. The third kappa shape index (κ3) is 26.6. The molecule has 0 saturated heterocycles. The number of hydrogen-bond acceptors (Lipinski definition) is 14. The van der Waals surface area contributed by atoms with Crippen molar-refractivity contribution in [2.45, 2.75) is 82.9 Å². The smallest absolute Gasteiger partial charge is 0.402 e. The number of rotatable bonds is 25. The largest absolute Gasteiger partial charge is 1.00 e. The lowest BCUT2D eigenvalue weighted by molar-refractivity contribution is -0.173. The van der Waals surface area contributed by atoms with Crippen LogP contribution in [0.3, 0.4) is 0 Å². The highest BCUT2D eigenvalue weighted by molar-refractivity contribution is 7.90. The van der Waals surface area contributed by atoms with Crippen molar-refractivity contribution in [1.82, 2.24) is 0 Å². The minimum atomic E-state index is -4.65. The van der Waals surface area contributed by atoms with Crippen molar-refractivity contribution >= 4 is 84.4 Å². The van der Waals surface area contributed by atoms with Gasteiger partial charge in [0.1, 0.15) is 50.3 Å². The van der Waals surface area contributed by atoms with Gasteiger partial charge in [-0.2, -0.15) is 51.6 Å². The lowest BCUT2D eigenvalue weighted by Crippen LogP contribution is -3.00. The van der Waals surface area contributed by atoms with Crippen LogP contribution in [0.4, 0.5) is 50.7 Å². The maximum absolute atomic E-state index is 14.3. The molecule has 0 spiro atoms. The summed E-state index contributed by atoms with van der Waals surface area (Å²) in [7, 11) is -12.5. The van der Waals surface area contributed by atoms with Crippen LogP contribution in [0.25, 0.3) is 0 Å². The number of nitrogens with zero attached hydrogens (tertiary/aromatic N) is 3. The zero-order valence-corrected chi connectivity index (χ0v) is 66.7. The summed E-state index contributed by atoms with van der Waals surface area (Å²) in [4.78, 5) is 3.12. The number of ether oxygens (including phenoxy) is 1. The number of para-hydroxylation sites is 2. The number of methoxy groups -OCH3 is 1. The molecule has 2 unspecified atom stereocenters. The molecule has 0 amide bonds. The molecule has 108 heavy (non-hydrogen) atoms. The summed E-state index contributed by atoms with van der Waals surface area (Å²) in [5, 5.41) is 3.91. The third-order valence-electron chi connectivity index (χ3n) is 17.9. The van der Waals surface area contributed by atoms with Gasteiger partial charge in [0.2, 0.25) is 8.32 Å². The Balaban J connectivity index is 0.000000384. The molecular weight excluding hydrogens is 1530 g/mol. The number of aryl methyl sites for hydroxylation is 1. The SMILES string of the molecule is CN=P(c1ccccc1)(c1ccccc1)c1ccccc1.COc1ccc(C(C)(c2ccc(OS(=O)(=O)CCN(CCS(C)(=O)=O)c3ccccc3)cc2)C(F)(F)F)cc1.Cc1ccc(C(C)(c2ccc(O[Si](C)(C)C(C)(C)C)cc2)C(F)(F)F)cc1.F.O=S(=O)(F)CCN(CCF)c1ccccc1.O=S=O.[F-]. The molecule has 14 nitrogen and oxygen atoms in total. The summed E-state index contributed by atoms with van der Waals surface area (Å²) in [5.74, 6) is -0.365. The summed E-state index contributed by atoms with van der Waals surface area (Å²) in [6.07, 6.45) is -7.97. The van der Waals surface area contributed by atoms with E-state index in [1.165, 1.54) is 95.5 Å². The Morgan fingerprint density at radius 3 is 1.08 bits per heavy atom. The molecule has 0 aliphatic carbocycles. The van der Waals surface area contributed by atoms with E-state index in [4.69, 9.17) is 26.5 Å². The average Bonchev–Trinajstić information content (AvgIpc) is 0.794. The van der Waals surface area contributed by atoms with Gasteiger partial charge in [-0.15, -0.1) is 3.89 Å². The van der Waals surface area contributed by atoms with Gasteiger partial charge in [0, 0.05) is 66.8 Å². The van der Waals surface area contributed by atoms with E-state index in [0.29, 0.717) is 22.9 Å². The Morgan fingerprint density at radius 2 is 0.778 bits per heavy atom. The van der Waals surface area contributed by atoms with Gasteiger partial charge in [-0.25, -0.2) is 12.8 Å². The Labute approximate surface area is 633 Å². The topological polar surface area (TPSA) is 183 Å². The minimum absolute atomic E-state index is 0. The predicted molar refractivity (Wildman–Crippen MR) is 417 cm³/mol. The first-order valence-electron chi connectivity index (χ1n) is 33.2. The highest BCUT2D eigenvalue weighted by atomic mass is 32.3. The van der Waals surface area contributed by atoms with Crippen LogP contribution in [0.2, 0.25) is 18.1 Å². The van der Waals surface area contributed by atoms with Gasteiger partial charge in [0.15, 0.2) is 0 Å². The second kappa shape index (κ2) is 41.3. The summed E-state index contributed by atoms with van der Waals surface area (Å²) in [6.45, 7) is 14.2. The fraction of sp³-hybridized carbons (Fsp3) is 0.308. The van der Waals surface area contributed by atoms with E-state index in [1.807, 2.05) is 14.0 Å². The highest BCUT2D eigenvalue weighted by Gasteiger charge is 2.55. The molecule has 0 bridgehead atoms. The molecule has 0 aliphatic rings. The first-order chi connectivity index (χ1) is 49.6. The first kappa shape index (κ1) is 93.6. The van der Waals surface area contributed by atoms with Crippen LogP contribution in [0.5, 0.6) is 17.2 Å². The Morgan fingerprint density at radius 1 is 0.472 bits per heavy atom. The van der Waals surface area contributed by atoms with E-state index in [-0.39, 0.29) is 74.4 Å². The van der Waals surface area contributed by atoms with Gasteiger partial charge in [-0.1, -0.05) is 214 Å². The van der Waals surface area contributed by atoms with E-state index in [2.05, 4.69) is 125 Å². The van der Waals surface area contributed by atoms with E-state index >= 15 is 0 Å². The van der Waals surface area contributed by atoms with Crippen LogP contribution in [0.1, 0.15) is 62.4 Å². The second-order valence-corrected chi connectivity index (χ2v) is 39.7. The predicted octanol–water partition coefficient (Wildman–Crippen LogP) is 14.1. The molecule has 9 aromatic carbocycles. The number of benzene rings is 9. The molecular formula is C78H91F10N3O11PS4Si-. The van der Waals surface area contributed by atoms with Gasteiger partial charge in [0.25, 0.3) is 0 Å². The zero-order chi connectivity index (χ0) is 78.8. The number of anilines is 2. The van der Waals surface area contributed by atoms with Crippen LogP contribution in [0.15, 0.2) is 253 Å². The molecule has 9 aromatic rings. The zero-order valence-electron chi connectivity index (χ0n) is 61.6. The Hall–Kier alpha value is -8.60. The lowest BCUT2D eigenvalue weighted by Gasteiger charge is -2.37. The van der Waals surface area contributed by atoms with Crippen LogP contribution in [-0.2, 0) is 52.6 Å². The van der Waals surface area contributed by atoms with E-state index in [0.717, 1.165) is 18.7 Å². The fourth-order valence-corrected chi connectivity index (χ4v) is 17.0. The average molecular weight is 1620 g/mol. The summed E-state index contributed by atoms with van der Waals surface area (Å²) >= 11 is -0.750. The van der Waals surface area contributed by atoms with Crippen molar-refractivity contribution in [3.8, 4) is 17.2 Å². The number of halogens is 10. The first-order valence-corrected chi connectivity index (χ1v) is 43.7. The number of hydrogen-bond donors (Lipinski definition) is 0. The maximum Gasteiger partial charge on any atom is 0.402 e. The highest BCUT2D eigenvalue weighted by Crippen LogP contribution is 2.49. The van der Waals surface area contributed by atoms with E-state index < -0.39 is 98.5 Å². The van der Waals surface area contributed by atoms with Crippen LogP contribution >= 0.6 is 7.05 Å². The normalized spacial score (nSPS) is 12.8. The van der Waals surface area contributed by atoms with Crippen molar-refractivity contribution in [2.75, 3.05) is 80.3 Å². The molecule has 30 heteroatoms. The molecule has 9 rings (SSSR count). The van der Waals surface area contributed by atoms with Crippen molar-refractivity contribution in [3.05, 3.63) is 277 Å².